The van der Waals surface area contributed by atoms with Crippen LogP contribution in [-0.4, -0.2) is 18.0 Å². The fourth-order valence-corrected chi connectivity index (χ4v) is 2.05. The molecule has 0 atom stereocenters. The lowest BCUT2D eigenvalue weighted by atomic mass is 10.1. The van der Waals surface area contributed by atoms with Gasteiger partial charge in [0.1, 0.15) is 0 Å². The summed E-state index contributed by atoms with van der Waals surface area (Å²) in [6.07, 6.45) is 1.50. The fourth-order valence-electron chi connectivity index (χ4n) is 1.78. The van der Waals surface area contributed by atoms with Crippen molar-refractivity contribution in [1.82, 2.24) is 5.43 Å². The average molecular weight is 374 g/mol. The van der Waals surface area contributed by atoms with Crippen LogP contribution >= 0.6 is 15.9 Å². The number of hydrogen-bond donors (Lipinski definition) is 2. The van der Waals surface area contributed by atoms with Crippen LogP contribution in [-0.2, 0) is 9.59 Å². The van der Waals surface area contributed by atoms with Gasteiger partial charge < -0.3 is 5.32 Å². The molecule has 5 nitrogen and oxygen atoms in total. The van der Waals surface area contributed by atoms with Gasteiger partial charge in [0.15, 0.2) is 0 Å². The fraction of sp³-hybridized carbons (Fsp3) is 0.118. The van der Waals surface area contributed by atoms with E-state index >= 15 is 0 Å². The maximum atomic E-state index is 11.7. The monoisotopic (exact) mass is 373 g/mol. The van der Waals surface area contributed by atoms with Crippen molar-refractivity contribution >= 4 is 39.6 Å². The summed E-state index contributed by atoms with van der Waals surface area (Å²) in [6.45, 7) is 4.02. The molecule has 0 aliphatic carbocycles. The first kappa shape index (κ1) is 16.9. The van der Waals surface area contributed by atoms with Gasteiger partial charge in [0, 0.05) is 10.2 Å². The Morgan fingerprint density at radius 2 is 1.70 bits per heavy atom. The summed E-state index contributed by atoms with van der Waals surface area (Å²) in [6, 6.07) is 12.7. The van der Waals surface area contributed by atoms with Crippen LogP contribution in [0.15, 0.2) is 52.0 Å². The molecule has 2 rings (SSSR count). The van der Waals surface area contributed by atoms with Crippen molar-refractivity contribution in [3.8, 4) is 0 Å². The summed E-state index contributed by atoms with van der Waals surface area (Å²) in [5.41, 5.74) is 5.90. The van der Waals surface area contributed by atoms with Crippen molar-refractivity contribution < 1.29 is 9.59 Å². The van der Waals surface area contributed by atoms with Gasteiger partial charge >= 0.3 is 11.8 Å². The highest BCUT2D eigenvalue weighted by Crippen LogP contribution is 2.13. The van der Waals surface area contributed by atoms with E-state index in [0.29, 0.717) is 5.69 Å². The SMILES string of the molecule is Cc1ccc(/C=N\NC(=O)C(=O)Nc2ccc(Br)cc2)cc1C. The molecule has 0 radical (unpaired) electrons. The van der Waals surface area contributed by atoms with Crippen molar-refractivity contribution in [2.24, 2.45) is 5.10 Å². The van der Waals surface area contributed by atoms with Crippen molar-refractivity contribution in [3.63, 3.8) is 0 Å². The number of benzene rings is 2. The Balaban J connectivity index is 1.90. The van der Waals surface area contributed by atoms with Crippen molar-refractivity contribution in [2.45, 2.75) is 13.8 Å². The maximum Gasteiger partial charge on any atom is 0.329 e. The number of aryl methyl sites for hydroxylation is 2. The molecular formula is C17H16BrN3O2. The number of rotatable bonds is 3. The molecule has 0 aliphatic rings. The van der Waals surface area contributed by atoms with E-state index in [1.807, 2.05) is 32.0 Å². The minimum absolute atomic E-state index is 0.534. The lowest BCUT2D eigenvalue weighted by Gasteiger charge is -2.04. The minimum Gasteiger partial charge on any atom is -0.318 e. The second kappa shape index (κ2) is 7.69. The van der Waals surface area contributed by atoms with Crippen molar-refractivity contribution in [2.75, 3.05) is 5.32 Å². The molecule has 0 unspecified atom stereocenters. The molecule has 2 aromatic carbocycles. The van der Waals surface area contributed by atoms with Crippen molar-refractivity contribution in [3.05, 3.63) is 63.6 Å². The molecule has 2 N–H and O–H groups in total. The van der Waals surface area contributed by atoms with E-state index in [0.717, 1.165) is 15.6 Å². The quantitative estimate of drug-likeness (QED) is 0.492. The van der Waals surface area contributed by atoms with E-state index in [1.54, 1.807) is 24.3 Å². The molecule has 2 aromatic rings. The summed E-state index contributed by atoms with van der Waals surface area (Å²) < 4.78 is 0.887. The minimum atomic E-state index is -0.826. The first-order valence-corrected chi connectivity index (χ1v) is 7.72. The number of hydrazone groups is 1. The Hall–Kier alpha value is -2.47. The van der Waals surface area contributed by atoms with Crippen LogP contribution in [0.3, 0.4) is 0 Å². The lowest BCUT2D eigenvalue weighted by molar-refractivity contribution is -0.136. The Morgan fingerprint density at radius 1 is 1.00 bits per heavy atom. The molecule has 0 bridgehead atoms. The Morgan fingerprint density at radius 3 is 2.35 bits per heavy atom. The van der Waals surface area contributed by atoms with Crippen LogP contribution in [0.2, 0.25) is 0 Å². The number of amides is 2. The standard InChI is InChI=1S/C17H16BrN3O2/c1-11-3-4-13(9-12(11)2)10-19-21-17(23)16(22)20-15-7-5-14(18)6-8-15/h3-10H,1-2H3,(H,20,22)(H,21,23)/b19-10-. The number of carbonyl (C=O) groups is 2. The highest BCUT2D eigenvalue weighted by molar-refractivity contribution is 9.10. The molecule has 23 heavy (non-hydrogen) atoms. The van der Waals surface area contributed by atoms with Gasteiger partial charge in [-0.2, -0.15) is 5.10 Å². The number of hydrogen-bond acceptors (Lipinski definition) is 3. The van der Waals surface area contributed by atoms with E-state index < -0.39 is 11.8 Å². The van der Waals surface area contributed by atoms with Crippen molar-refractivity contribution in [1.29, 1.82) is 0 Å². The third-order valence-electron chi connectivity index (χ3n) is 3.22. The summed E-state index contributed by atoms with van der Waals surface area (Å²) in [5, 5.41) is 6.28. The molecule has 0 fully saturated rings. The van der Waals surface area contributed by atoms with Gasteiger partial charge in [0.2, 0.25) is 0 Å². The third kappa shape index (κ3) is 5.03. The van der Waals surface area contributed by atoms with E-state index in [1.165, 1.54) is 11.8 Å². The zero-order valence-electron chi connectivity index (χ0n) is 12.8. The van der Waals surface area contributed by atoms with Gasteiger partial charge in [-0.05, 0) is 54.8 Å². The Bertz CT molecular complexity index is 755. The van der Waals surface area contributed by atoms with Crippen LogP contribution in [0.4, 0.5) is 5.69 Å². The summed E-state index contributed by atoms with van der Waals surface area (Å²) in [4.78, 5) is 23.4. The topological polar surface area (TPSA) is 70.6 Å². The van der Waals surface area contributed by atoms with E-state index in [4.69, 9.17) is 0 Å². The zero-order valence-corrected chi connectivity index (χ0v) is 14.3. The second-order valence-corrected chi connectivity index (χ2v) is 5.92. The molecular weight excluding hydrogens is 358 g/mol. The molecule has 0 aromatic heterocycles. The second-order valence-electron chi connectivity index (χ2n) is 5.00. The summed E-state index contributed by atoms with van der Waals surface area (Å²) >= 11 is 3.30. The van der Waals surface area contributed by atoms with Crippen LogP contribution in [0.1, 0.15) is 16.7 Å². The Labute approximate surface area is 142 Å². The predicted molar refractivity (Wildman–Crippen MR) is 94.4 cm³/mol. The number of carbonyl (C=O) groups excluding carboxylic acids is 2. The van der Waals surface area contributed by atoms with E-state index in [-0.39, 0.29) is 0 Å². The summed E-state index contributed by atoms with van der Waals surface area (Å²) in [5.74, 6) is -1.60. The number of nitrogens with one attached hydrogen (secondary N) is 2. The lowest BCUT2D eigenvalue weighted by Crippen LogP contribution is -2.32. The first-order valence-electron chi connectivity index (χ1n) is 6.93. The molecule has 118 valence electrons. The highest BCUT2D eigenvalue weighted by Gasteiger charge is 2.12. The molecule has 6 heteroatoms. The van der Waals surface area contributed by atoms with Crippen LogP contribution in [0.5, 0.6) is 0 Å². The van der Waals surface area contributed by atoms with Gasteiger partial charge in [-0.3, -0.25) is 9.59 Å². The van der Waals surface area contributed by atoms with Gasteiger partial charge in [-0.25, -0.2) is 5.43 Å². The third-order valence-corrected chi connectivity index (χ3v) is 3.75. The van der Waals surface area contributed by atoms with E-state index in [9.17, 15) is 9.59 Å². The molecule has 0 spiro atoms. The molecule has 0 saturated heterocycles. The predicted octanol–water partition coefficient (Wildman–Crippen LogP) is 3.15. The van der Waals surface area contributed by atoms with Gasteiger partial charge in [-0.1, -0.05) is 34.1 Å². The molecule has 2 amide bonds. The maximum absolute atomic E-state index is 11.7. The smallest absolute Gasteiger partial charge is 0.318 e. The largest absolute Gasteiger partial charge is 0.329 e. The van der Waals surface area contributed by atoms with E-state index in [2.05, 4.69) is 31.8 Å². The molecule has 0 heterocycles. The first-order chi connectivity index (χ1) is 11.0. The van der Waals surface area contributed by atoms with Crippen LogP contribution in [0.25, 0.3) is 0 Å². The molecule has 0 saturated carbocycles. The summed E-state index contributed by atoms with van der Waals surface area (Å²) in [7, 11) is 0. The molecule has 0 aliphatic heterocycles. The number of anilines is 1. The number of nitrogens with zero attached hydrogens (tertiary/aromatic N) is 1. The van der Waals surface area contributed by atoms with Gasteiger partial charge in [-0.15, -0.1) is 0 Å². The Kier molecular flexibility index (Phi) is 5.65. The number of halogens is 1. The van der Waals surface area contributed by atoms with Crippen LogP contribution in [0, 0.1) is 13.8 Å². The van der Waals surface area contributed by atoms with Gasteiger partial charge in [0.05, 0.1) is 6.21 Å². The average Bonchev–Trinajstić information content (AvgIpc) is 2.53. The van der Waals surface area contributed by atoms with Gasteiger partial charge in [0.25, 0.3) is 0 Å². The zero-order chi connectivity index (χ0) is 16.8. The normalized spacial score (nSPS) is 10.6. The van der Waals surface area contributed by atoms with Crippen LogP contribution < -0.4 is 10.7 Å². The highest BCUT2D eigenvalue weighted by atomic mass is 79.9.